The van der Waals surface area contributed by atoms with Gasteiger partial charge in [-0.1, -0.05) is 123 Å². The van der Waals surface area contributed by atoms with Crippen LogP contribution in [0, 0.1) is 34.5 Å². The molecule has 0 unspecified atom stereocenters. The third-order valence-corrected chi connectivity index (χ3v) is 12.7. The summed E-state index contributed by atoms with van der Waals surface area (Å²) in [6, 6.07) is 0. The van der Waals surface area contributed by atoms with Crippen molar-refractivity contribution in [1.82, 2.24) is 0 Å². The molecule has 40 heavy (non-hydrogen) atoms. The van der Waals surface area contributed by atoms with Crippen LogP contribution < -0.4 is 0 Å². The topological polar surface area (TPSA) is 26.3 Å². The number of unbranched alkanes of at least 4 members (excludes halogenated alkanes) is 12. The van der Waals surface area contributed by atoms with Crippen LogP contribution in [0.15, 0.2) is 11.6 Å². The molecule has 0 aliphatic heterocycles. The van der Waals surface area contributed by atoms with E-state index in [2.05, 4.69) is 33.8 Å². The minimum Gasteiger partial charge on any atom is -0.462 e. The van der Waals surface area contributed by atoms with E-state index in [4.69, 9.17) is 4.74 Å². The lowest BCUT2D eigenvalue weighted by molar-refractivity contribution is -0.151. The largest absolute Gasteiger partial charge is 0.462 e. The predicted molar refractivity (Wildman–Crippen MR) is 170 cm³/mol. The van der Waals surface area contributed by atoms with Gasteiger partial charge in [-0.2, -0.15) is 0 Å². The van der Waals surface area contributed by atoms with Crippen LogP contribution in [0.25, 0.3) is 0 Å². The van der Waals surface area contributed by atoms with Crippen molar-refractivity contribution in [2.75, 3.05) is 0 Å². The Balaban J connectivity index is 1.22. The molecule has 3 saturated carbocycles. The van der Waals surface area contributed by atoms with Crippen molar-refractivity contribution in [3.05, 3.63) is 11.6 Å². The Morgan fingerprint density at radius 1 is 0.775 bits per heavy atom. The normalized spacial score (nSPS) is 35.0. The Hall–Kier alpha value is -0.790. The fraction of sp³-hybridized carbons (Fsp3) is 0.921. The summed E-state index contributed by atoms with van der Waals surface area (Å²) in [6.45, 7) is 9.89. The summed E-state index contributed by atoms with van der Waals surface area (Å²) in [5.41, 5.74) is 2.59. The van der Waals surface area contributed by atoms with Gasteiger partial charge in [0.1, 0.15) is 6.10 Å². The Morgan fingerprint density at radius 2 is 1.43 bits per heavy atom. The molecule has 230 valence electrons. The molecule has 4 rings (SSSR count). The molecule has 0 spiro atoms. The van der Waals surface area contributed by atoms with Crippen molar-refractivity contribution in [2.45, 2.75) is 188 Å². The maximum atomic E-state index is 12.6. The highest BCUT2D eigenvalue weighted by molar-refractivity contribution is 5.69. The molecule has 0 aromatic rings. The molecule has 0 heterocycles. The van der Waals surface area contributed by atoms with Crippen LogP contribution in [0.2, 0.25) is 0 Å². The smallest absolute Gasteiger partial charge is 0.306 e. The highest BCUT2D eigenvalue weighted by Crippen LogP contribution is 2.66. The van der Waals surface area contributed by atoms with Gasteiger partial charge in [0.2, 0.25) is 0 Å². The minimum absolute atomic E-state index is 0.0599. The lowest BCUT2D eigenvalue weighted by Crippen LogP contribution is -2.50. The second-order valence-electron chi connectivity index (χ2n) is 15.2. The predicted octanol–water partition coefficient (Wildman–Crippen LogP) is 11.8. The minimum atomic E-state index is 0.0599. The summed E-state index contributed by atoms with van der Waals surface area (Å²) >= 11 is 0. The monoisotopic (exact) mass is 555 g/mol. The van der Waals surface area contributed by atoms with E-state index in [1.165, 1.54) is 128 Å². The van der Waals surface area contributed by atoms with Crippen LogP contribution in [0.1, 0.15) is 182 Å². The van der Waals surface area contributed by atoms with Crippen LogP contribution in [0.4, 0.5) is 0 Å². The fourth-order valence-electron chi connectivity index (χ4n) is 10.1. The van der Waals surface area contributed by atoms with Gasteiger partial charge in [-0.25, -0.2) is 0 Å². The molecule has 4 aliphatic rings. The Kier molecular flexibility index (Phi) is 12.5. The zero-order valence-corrected chi connectivity index (χ0v) is 27.3. The van der Waals surface area contributed by atoms with Gasteiger partial charge in [-0.15, -0.1) is 0 Å². The molecule has 0 saturated heterocycles. The summed E-state index contributed by atoms with van der Waals surface area (Å²) in [4.78, 5) is 12.6. The maximum absolute atomic E-state index is 12.6. The van der Waals surface area contributed by atoms with Gasteiger partial charge in [0.05, 0.1) is 0 Å². The number of carbonyl (C=O) groups is 1. The first-order valence-electron chi connectivity index (χ1n) is 18.3. The number of rotatable bonds is 17. The SMILES string of the molecule is CCCCCCCCCCC(=O)O[C@H]1CC[C@@]2(C)C(=CC[C@H]3[C@H]4CC[C@H](CCCCCCCC)[C@@]4(C)CC[C@@H]32)C1. The summed E-state index contributed by atoms with van der Waals surface area (Å²) in [6.07, 6.45) is 34.1. The third-order valence-electron chi connectivity index (χ3n) is 12.7. The van der Waals surface area contributed by atoms with E-state index < -0.39 is 0 Å². The zero-order valence-electron chi connectivity index (χ0n) is 27.3. The number of ether oxygens (including phenoxy) is 1. The molecule has 0 bridgehead atoms. The molecular weight excluding hydrogens is 488 g/mol. The van der Waals surface area contributed by atoms with Crippen molar-refractivity contribution in [3.8, 4) is 0 Å². The molecule has 2 heteroatoms. The van der Waals surface area contributed by atoms with Gasteiger partial charge in [0.25, 0.3) is 0 Å². The number of carbonyl (C=O) groups excluding carboxylic acids is 1. The average Bonchev–Trinajstić information content (AvgIpc) is 3.28. The summed E-state index contributed by atoms with van der Waals surface area (Å²) < 4.78 is 6.07. The number of fused-ring (bicyclic) bond motifs is 5. The van der Waals surface area contributed by atoms with Crippen molar-refractivity contribution in [2.24, 2.45) is 34.5 Å². The molecular formula is C38H66O2. The first-order valence-corrected chi connectivity index (χ1v) is 18.3. The first-order chi connectivity index (χ1) is 19.4. The lowest BCUT2D eigenvalue weighted by atomic mass is 9.47. The van der Waals surface area contributed by atoms with E-state index in [0.717, 1.165) is 42.9 Å². The third kappa shape index (κ3) is 7.78. The van der Waals surface area contributed by atoms with Crippen molar-refractivity contribution < 1.29 is 9.53 Å². The molecule has 0 radical (unpaired) electrons. The number of allylic oxidation sites excluding steroid dienone is 1. The van der Waals surface area contributed by atoms with Crippen LogP contribution in [-0.2, 0) is 9.53 Å². The van der Waals surface area contributed by atoms with Crippen molar-refractivity contribution >= 4 is 5.97 Å². The van der Waals surface area contributed by atoms with Crippen molar-refractivity contribution in [3.63, 3.8) is 0 Å². The molecule has 0 aromatic carbocycles. The van der Waals surface area contributed by atoms with Crippen molar-refractivity contribution in [1.29, 1.82) is 0 Å². The van der Waals surface area contributed by atoms with Crippen LogP contribution in [0.5, 0.6) is 0 Å². The quantitative estimate of drug-likeness (QED) is 0.101. The number of hydrogen-bond donors (Lipinski definition) is 0. The second-order valence-corrected chi connectivity index (χ2v) is 15.2. The molecule has 0 N–H and O–H groups in total. The number of hydrogen-bond acceptors (Lipinski definition) is 2. The van der Waals surface area contributed by atoms with Crippen LogP contribution >= 0.6 is 0 Å². The van der Waals surface area contributed by atoms with Gasteiger partial charge in [-0.05, 0) is 92.3 Å². The second kappa shape index (κ2) is 15.6. The van der Waals surface area contributed by atoms with E-state index in [0.29, 0.717) is 17.3 Å². The lowest BCUT2D eigenvalue weighted by Gasteiger charge is -2.58. The highest BCUT2D eigenvalue weighted by Gasteiger charge is 2.58. The number of esters is 1. The fourth-order valence-corrected chi connectivity index (χ4v) is 10.1. The van der Waals surface area contributed by atoms with E-state index in [9.17, 15) is 4.79 Å². The molecule has 4 aliphatic carbocycles. The molecule has 2 nitrogen and oxygen atoms in total. The summed E-state index contributed by atoms with van der Waals surface area (Å²) in [5.74, 6) is 3.72. The molecule has 0 amide bonds. The van der Waals surface area contributed by atoms with Crippen LogP contribution in [0.3, 0.4) is 0 Å². The average molecular weight is 555 g/mol. The highest BCUT2D eigenvalue weighted by atomic mass is 16.5. The summed E-state index contributed by atoms with van der Waals surface area (Å²) in [7, 11) is 0. The zero-order chi connectivity index (χ0) is 28.4. The first kappa shape index (κ1) is 32.1. The van der Waals surface area contributed by atoms with Gasteiger partial charge in [0.15, 0.2) is 0 Å². The molecule has 3 fully saturated rings. The Labute approximate surface area is 249 Å². The summed E-state index contributed by atoms with van der Waals surface area (Å²) in [5, 5.41) is 0. The van der Waals surface area contributed by atoms with Gasteiger partial charge >= 0.3 is 5.97 Å². The van der Waals surface area contributed by atoms with E-state index in [1.807, 2.05) is 0 Å². The van der Waals surface area contributed by atoms with Crippen LogP contribution in [-0.4, -0.2) is 12.1 Å². The van der Waals surface area contributed by atoms with Gasteiger partial charge in [0, 0.05) is 12.8 Å². The Morgan fingerprint density at radius 3 is 2.12 bits per heavy atom. The molecule has 7 atom stereocenters. The van der Waals surface area contributed by atoms with E-state index in [-0.39, 0.29) is 12.1 Å². The molecule has 0 aromatic heterocycles. The van der Waals surface area contributed by atoms with Gasteiger partial charge < -0.3 is 4.74 Å². The van der Waals surface area contributed by atoms with Gasteiger partial charge in [-0.3, -0.25) is 4.79 Å². The standard InChI is InChI=1S/C38H66O2/c1-5-7-9-11-13-14-16-18-20-36(39)40-32-25-27-38(4)31(29-32)21-23-33-34-24-22-30(19-17-15-12-10-8-6-2)37(34,3)28-26-35(33)38/h21,30,32-35H,5-20,22-29H2,1-4H3/t30-,32-,33-,34+,35-,37+,38-/m0/s1. The van der Waals surface area contributed by atoms with E-state index >= 15 is 0 Å². The maximum Gasteiger partial charge on any atom is 0.306 e. The Bertz CT molecular complexity index is 799. The van der Waals surface area contributed by atoms with E-state index in [1.54, 1.807) is 5.57 Å².